The quantitative estimate of drug-likeness (QED) is 0.667. The third kappa shape index (κ3) is 4.53. The number of hydrogen-bond acceptors (Lipinski definition) is 4. The van der Waals surface area contributed by atoms with E-state index >= 15 is 0 Å². The predicted molar refractivity (Wildman–Crippen MR) is 110 cm³/mol. The average Bonchev–Trinajstić information content (AvgIpc) is 3.06. The lowest BCUT2D eigenvalue weighted by molar-refractivity contribution is -0.123. The van der Waals surface area contributed by atoms with Crippen LogP contribution in [0.5, 0.6) is 0 Å². The Labute approximate surface area is 169 Å². The number of esters is 1. The maximum atomic E-state index is 12.4. The largest absolute Gasteiger partial charge is 0.449 e. The summed E-state index contributed by atoms with van der Waals surface area (Å²) in [5.74, 6) is -1.05. The van der Waals surface area contributed by atoms with E-state index in [0.717, 1.165) is 17.1 Å². The Morgan fingerprint density at radius 1 is 1.03 bits per heavy atom. The Hall–Kier alpha value is -3.85. The van der Waals surface area contributed by atoms with Crippen LogP contribution in [0.3, 0.4) is 0 Å². The lowest BCUT2D eigenvalue weighted by atomic mass is 10.2. The van der Waals surface area contributed by atoms with Gasteiger partial charge in [0.15, 0.2) is 6.10 Å². The lowest BCUT2D eigenvalue weighted by Gasteiger charge is -2.14. The van der Waals surface area contributed by atoms with Crippen LogP contribution in [0.15, 0.2) is 60.7 Å². The highest BCUT2D eigenvalue weighted by molar-refractivity contribution is 5.97. The number of rotatable bonds is 5. The number of anilines is 1. The average molecular weight is 387 g/mol. The highest BCUT2D eigenvalue weighted by Gasteiger charge is 2.19. The van der Waals surface area contributed by atoms with Crippen molar-refractivity contribution in [2.75, 3.05) is 5.32 Å². The van der Waals surface area contributed by atoms with Crippen molar-refractivity contribution in [2.45, 2.75) is 26.9 Å². The van der Waals surface area contributed by atoms with Crippen LogP contribution in [0.25, 0.3) is 5.69 Å². The molecule has 0 spiro atoms. The number of hydrogen-bond donors (Lipinski definition) is 1. The summed E-state index contributed by atoms with van der Waals surface area (Å²) in [6, 6.07) is 19.6. The zero-order chi connectivity index (χ0) is 21.0. The van der Waals surface area contributed by atoms with Crippen molar-refractivity contribution in [3.05, 3.63) is 83.2 Å². The molecule has 29 heavy (non-hydrogen) atoms. The van der Waals surface area contributed by atoms with Gasteiger partial charge in [-0.05, 0) is 75.4 Å². The number of nitrogens with zero attached hydrogens (tertiary/aromatic N) is 2. The molecule has 1 amide bonds. The summed E-state index contributed by atoms with van der Waals surface area (Å²) in [7, 11) is 0. The van der Waals surface area contributed by atoms with E-state index in [1.165, 1.54) is 6.92 Å². The Bertz CT molecular complexity index is 1070. The number of amides is 1. The number of carbonyl (C=O) groups is 2. The van der Waals surface area contributed by atoms with Gasteiger partial charge in [0.25, 0.3) is 5.91 Å². The highest BCUT2D eigenvalue weighted by Crippen LogP contribution is 2.18. The first-order valence-corrected chi connectivity index (χ1v) is 9.16. The molecule has 0 aliphatic carbocycles. The second-order valence-corrected chi connectivity index (χ2v) is 6.73. The first-order chi connectivity index (χ1) is 13.9. The van der Waals surface area contributed by atoms with Crippen molar-refractivity contribution in [2.24, 2.45) is 0 Å². The monoisotopic (exact) mass is 387 g/mol. The molecule has 0 bridgehead atoms. The van der Waals surface area contributed by atoms with Crippen LogP contribution >= 0.6 is 0 Å². The topological polar surface area (TPSA) is 84.1 Å². The number of aryl methyl sites for hydroxylation is 2. The summed E-state index contributed by atoms with van der Waals surface area (Å²) in [5, 5.41) is 11.6. The van der Waals surface area contributed by atoms with Crippen LogP contribution in [-0.2, 0) is 9.53 Å². The maximum Gasteiger partial charge on any atom is 0.338 e. The van der Waals surface area contributed by atoms with E-state index in [4.69, 9.17) is 10.00 Å². The van der Waals surface area contributed by atoms with Crippen molar-refractivity contribution < 1.29 is 14.3 Å². The van der Waals surface area contributed by atoms with Crippen molar-refractivity contribution >= 4 is 17.6 Å². The molecule has 3 rings (SSSR count). The van der Waals surface area contributed by atoms with Gasteiger partial charge in [0.1, 0.15) is 0 Å². The SMILES string of the molecule is Cc1ccc(C)n1-c1ccc(C(=O)O[C@@H](C)C(=O)Nc2cccc(C#N)c2)cc1. The lowest BCUT2D eigenvalue weighted by Crippen LogP contribution is -2.30. The fraction of sp³-hybridized carbons (Fsp3) is 0.174. The number of aromatic nitrogens is 1. The van der Waals surface area contributed by atoms with E-state index in [0.29, 0.717) is 16.8 Å². The first kappa shape index (κ1) is 19.9. The minimum Gasteiger partial charge on any atom is -0.449 e. The van der Waals surface area contributed by atoms with E-state index in [9.17, 15) is 9.59 Å². The van der Waals surface area contributed by atoms with E-state index in [1.807, 2.05) is 44.2 Å². The van der Waals surface area contributed by atoms with Gasteiger partial charge in [0, 0.05) is 22.8 Å². The van der Waals surface area contributed by atoms with E-state index in [-0.39, 0.29) is 0 Å². The van der Waals surface area contributed by atoms with Crippen molar-refractivity contribution in [3.8, 4) is 11.8 Å². The van der Waals surface area contributed by atoms with Crippen molar-refractivity contribution in [1.29, 1.82) is 5.26 Å². The molecule has 0 fully saturated rings. The smallest absolute Gasteiger partial charge is 0.338 e. The second kappa shape index (κ2) is 8.44. The zero-order valence-corrected chi connectivity index (χ0v) is 16.5. The van der Waals surface area contributed by atoms with Gasteiger partial charge in [-0.15, -0.1) is 0 Å². The Kier molecular flexibility index (Phi) is 5.79. The summed E-state index contributed by atoms with van der Waals surface area (Å²) in [6.45, 7) is 5.53. The fourth-order valence-corrected chi connectivity index (χ4v) is 3.01. The van der Waals surface area contributed by atoms with Gasteiger partial charge in [0.05, 0.1) is 17.2 Å². The van der Waals surface area contributed by atoms with Crippen LogP contribution in [0, 0.1) is 25.2 Å². The van der Waals surface area contributed by atoms with Gasteiger partial charge >= 0.3 is 5.97 Å². The maximum absolute atomic E-state index is 12.4. The van der Waals surface area contributed by atoms with Gasteiger partial charge in [-0.3, -0.25) is 4.79 Å². The van der Waals surface area contributed by atoms with Crippen molar-refractivity contribution in [1.82, 2.24) is 4.57 Å². The van der Waals surface area contributed by atoms with Gasteiger partial charge in [-0.1, -0.05) is 6.07 Å². The first-order valence-electron chi connectivity index (χ1n) is 9.16. The normalized spacial score (nSPS) is 11.4. The van der Waals surface area contributed by atoms with Gasteiger partial charge in [-0.25, -0.2) is 4.79 Å². The molecule has 0 saturated heterocycles. The zero-order valence-electron chi connectivity index (χ0n) is 16.5. The number of benzene rings is 2. The second-order valence-electron chi connectivity index (χ2n) is 6.73. The third-order valence-corrected chi connectivity index (χ3v) is 4.54. The van der Waals surface area contributed by atoms with Gasteiger partial charge in [0.2, 0.25) is 0 Å². The molecule has 2 aromatic carbocycles. The molecule has 3 aromatic rings. The number of carbonyl (C=O) groups excluding carboxylic acids is 2. The summed E-state index contributed by atoms with van der Waals surface area (Å²) in [6.07, 6.45) is -0.984. The summed E-state index contributed by atoms with van der Waals surface area (Å²) < 4.78 is 7.37. The fourth-order valence-electron chi connectivity index (χ4n) is 3.01. The molecular weight excluding hydrogens is 366 g/mol. The van der Waals surface area contributed by atoms with Crippen molar-refractivity contribution in [3.63, 3.8) is 0 Å². The van der Waals surface area contributed by atoms with E-state index < -0.39 is 18.0 Å². The molecule has 0 aliphatic rings. The molecule has 1 aromatic heterocycles. The predicted octanol–water partition coefficient (Wildman–Crippen LogP) is 4.15. The summed E-state index contributed by atoms with van der Waals surface area (Å²) in [5.41, 5.74) is 4.42. The van der Waals surface area contributed by atoms with Gasteiger partial charge < -0.3 is 14.6 Å². The Balaban J connectivity index is 1.64. The molecular formula is C23H21N3O3. The molecule has 0 saturated carbocycles. The molecule has 146 valence electrons. The number of ether oxygens (including phenoxy) is 1. The van der Waals surface area contributed by atoms with Crippen LogP contribution in [0.4, 0.5) is 5.69 Å². The van der Waals surface area contributed by atoms with E-state index in [2.05, 4.69) is 9.88 Å². The van der Waals surface area contributed by atoms with Crippen LogP contribution < -0.4 is 5.32 Å². The van der Waals surface area contributed by atoms with Crippen LogP contribution in [0.1, 0.15) is 34.2 Å². The standard InChI is InChI=1S/C23H21N3O3/c1-15-7-8-16(2)26(15)21-11-9-19(10-12-21)23(28)29-17(3)22(27)25-20-6-4-5-18(13-20)14-24/h4-13,17H,1-3H3,(H,25,27)/t17-/m0/s1. The van der Waals surface area contributed by atoms with Crippen LogP contribution in [-0.4, -0.2) is 22.5 Å². The minimum atomic E-state index is -0.984. The van der Waals surface area contributed by atoms with Gasteiger partial charge in [-0.2, -0.15) is 5.26 Å². The molecule has 6 nitrogen and oxygen atoms in total. The molecule has 0 aliphatic heterocycles. The van der Waals surface area contributed by atoms with E-state index in [1.54, 1.807) is 36.4 Å². The third-order valence-electron chi connectivity index (χ3n) is 4.54. The highest BCUT2D eigenvalue weighted by atomic mass is 16.5. The molecule has 1 N–H and O–H groups in total. The minimum absolute atomic E-state index is 0.363. The Morgan fingerprint density at radius 3 is 2.31 bits per heavy atom. The number of nitrogens with one attached hydrogen (secondary N) is 1. The Morgan fingerprint density at radius 2 is 1.69 bits per heavy atom. The molecule has 0 unspecified atom stereocenters. The summed E-state index contributed by atoms with van der Waals surface area (Å²) >= 11 is 0. The number of nitriles is 1. The molecule has 6 heteroatoms. The summed E-state index contributed by atoms with van der Waals surface area (Å²) in [4.78, 5) is 24.7. The molecule has 1 atom stereocenters. The molecule has 0 radical (unpaired) electrons. The molecule has 1 heterocycles. The van der Waals surface area contributed by atoms with Crippen LogP contribution in [0.2, 0.25) is 0 Å².